The number of anilines is 1. The Balaban J connectivity index is 1.54. The summed E-state index contributed by atoms with van der Waals surface area (Å²) in [5.41, 5.74) is 2.68. The molecule has 0 saturated heterocycles. The maximum atomic E-state index is 12.2. The Labute approximate surface area is 165 Å². The summed E-state index contributed by atoms with van der Waals surface area (Å²) in [6, 6.07) is 24.9. The van der Waals surface area contributed by atoms with Crippen LogP contribution < -0.4 is 14.8 Å². The Kier molecular flexibility index (Phi) is 6.85. The largest absolute Gasteiger partial charge is 0.493 e. The van der Waals surface area contributed by atoms with Crippen LogP contribution in [0, 0.1) is 0 Å². The first kappa shape index (κ1) is 19.2. The van der Waals surface area contributed by atoms with Crippen molar-refractivity contribution >= 4 is 17.7 Å². The second-order valence-corrected chi connectivity index (χ2v) is 6.09. The molecule has 28 heavy (non-hydrogen) atoms. The van der Waals surface area contributed by atoms with Crippen molar-refractivity contribution in [1.82, 2.24) is 0 Å². The lowest BCUT2D eigenvalue weighted by Gasteiger charge is -2.08. The van der Waals surface area contributed by atoms with Crippen molar-refractivity contribution < 1.29 is 14.3 Å². The highest BCUT2D eigenvalue weighted by atomic mass is 16.5. The van der Waals surface area contributed by atoms with E-state index in [1.165, 1.54) is 6.08 Å². The summed E-state index contributed by atoms with van der Waals surface area (Å²) in [5, 5.41) is 2.84. The number of benzene rings is 3. The highest BCUT2D eigenvalue weighted by Gasteiger charge is 2.02. The summed E-state index contributed by atoms with van der Waals surface area (Å²) in [4.78, 5) is 12.2. The fourth-order valence-corrected chi connectivity index (χ4v) is 2.63. The van der Waals surface area contributed by atoms with Crippen LogP contribution in [-0.4, -0.2) is 12.5 Å². The van der Waals surface area contributed by atoms with E-state index in [0.717, 1.165) is 22.6 Å². The molecule has 0 aromatic heterocycles. The number of amides is 1. The van der Waals surface area contributed by atoms with Crippen LogP contribution in [0.25, 0.3) is 6.08 Å². The summed E-state index contributed by atoms with van der Waals surface area (Å²) in [6.07, 6.45) is 3.25. The molecule has 0 saturated carbocycles. The van der Waals surface area contributed by atoms with Crippen LogP contribution >= 0.6 is 0 Å². The van der Waals surface area contributed by atoms with E-state index >= 15 is 0 Å². The Morgan fingerprint density at radius 1 is 0.893 bits per heavy atom. The van der Waals surface area contributed by atoms with Gasteiger partial charge in [0, 0.05) is 17.3 Å². The van der Waals surface area contributed by atoms with Gasteiger partial charge < -0.3 is 14.8 Å². The second-order valence-electron chi connectivity index (χ2n) is 6.09. The van der Waals surface area contributed by atoms with Crippen molar-refractivity contribution in [3.05, 3.63) is 96.1 Å². The molecule has 0 aliphatic rings. The predicted octanol–water partition coefficient (Wildman–Crippen LogP) is 5.32. The minimum absolute atomic E-state index is 0.204. The van der Waals surface area contributed by atoms with E-state index in [9.17, 15) is 4.79 Å². The van der Waals surface area contributed by atoms with Crippen LogP contribution in [0.5, 0.6) is 11.5 Å². The van der Waals surface area contributed by atoms with Gasteiger partial charge in [-0.05, 0) is 48.9 Å². The summed E-state index contributed by atoms with van der Waals surface area (Å²) >= 11 is 0. The van der Waals surface area contributed by atoms with E-state index in [1.807, 2.05) is 85.8 Å². The number of hydrogen-bond donors (Lipinski definition) is 1. The highest BCUT2D eigenvalue weighted by Crippen LogP contribution is 2.20. The Bertz CT molecular complexity index is 918. The highest BCUT2D eigenvalue weighted by molar-refractivity contribution is 6.02. The van der Waals surface area contributed by atoms with Crippen molar-refractivity contribution in [3.63, 3.8) is 0 Å². The van der Waals surface area contributed by atoms with Crippen molar-refractivity contribution in [1.29, 1.82) is 0 Å². The lowest BCUT2D eigenvalue weighted by Crippen LogP contribution is -2.07. The Hall–Kier alpha value is -3.53. The number of ether oxygens (including phenoxy) is 2. The molecule has 0 aliphatic carbocycles. The molecule has 3 rings (SSSR count). The second kappa shape index (κ2) is 9.97. The summed E-state index contributed by atoms with van der Waals surface area (Å²) in [6.45, 7) is 3.02. The first-order valence-corrected chi connectivity index (χ1v) is 9.22. The van der Waals surface area contributed by atoms with Gasteiger partial charge in [-0.25, -0.2) is 0 Å². The van der Waals surface area contributed by atoms with Gasteiger partial charge in [0.15, 0.2) is 0 Å². The average molecular weight is 373 g/mol. The zero-order valence-electron chi connectivity index (χ0n) is 15.8. The molecule has 4 nitrogen and oxygen atoms in total. The zero-order valence-corrected chi connectivity index (χ0v) is 15.8. The lowest BCUT2D eigenvalue weighted by molar-refractivity contribution is -0.111. The number of carbonyl (C=O) groups excluding carboxylic acids is 1. The third kappa shape index (κ3) is 5.74. The van der Waals surface area contributed by atoms with Crippen LogP contribution in [0.4, 0.5) is 5.69 Å². The smallest absolute Gasteiger partial charge is 0.248 e. The minimum Gasteiger partial charge on any atom is -0.493 e. The van der Waals surface area contributed by atoms with Gasteiger partial charge in [0.2, 0.25) is 5.91 Å². The van der Waals surface area contributed by atoms with Gasteiger partial charge in [0.1, 0.15) is 18.1 Å². The first-order valence-electron chi connectivity index (χ1n) is 9.22. The lowest BCUT2D eigenvalue weighted by atomic mass is 10.2. The van der Waals surface area contributed by atoms with Gasteiger partial charge in [-0.2, -0.15) is 0 Å². The maximum Gasteiger partial charge on any atom is 0.248 e. The van der Waals surface area contributed by atoms with Gasteiger partial charge in [-0.15, -0.1) is 0 Å². The molecular formula is C24H23NO3. The van der Waals surface area contributed by atoms with Gasteiger partial charge in [0.05, 0.1) is 6.61 Å². The Morgan fingerprint density at radius 3 is 2.36 bits per heavy atom. The van der Waals surface area contributed by atoms with Crippen LogP contribution in [0.15, 0.2) is 84.9 Å². The van der Waals surface area contributed by atoms with Gasteiger partial charge >= 0.3 is 0 Å². The normalized spacial score (nSPS) is 10.6. The number of rotatable bonds is 8. The molecule has 3 aromatic carbocycles. The molecule has 3 aromatic rings. The molecule has 4 heteroatoms. The van der Waals surface area contributed by atoms with E-state index in [0.29, 0.717) is 18.9 Å². The summed E-state index contributed by atoms with van der Waals surface area (Å²) < 4.78 is 11.3. The molecule has 1 amide bonds. The number of nitrogens with one attached hydrogen (secondary N) is 1. The summed E-state index contributed by atoms with van der Waals surface area (Å²) in [5.74, 6) is 1.31. The van der Waals surface area contributed by atoms with Crippen LogP contribution in [-0.2, 0) is 11.4 Å². The SMILES string of the molecule is CCOc1ccccc1/C=C/C(=O)Nc1ccc(OCc2ccccc2)cc1. The van der Waals surface area contributed by atoms with Crippen LogP contribution in [0.3, 0.4) is 0 Å². The number of para-hydroxylation sites is 1. The number of hydrogen-bond acceptors (Lipinski definition) is 3. The fraction of sp³-hybridized carbons (Fsp3) is 0.125. The van der Waals surface area contributed by atoms with E-state index in [2.05, 4.69) is 5.32 Å². The predicted molar refractivity (Wildman–Crippen MR) is 112 cm³/mol. The van der Waals surface area contributed by atoms with Crippen molar-refractivity contribution in [3.8, 4) is 11.5 Å². The molecule has 0 unspecified atom stereocenters. The Morgan fingerprint density at radius 2 is 1.61 bits per heavy atom. The van der Waals surface area contributed by atoms with Gasteiger partial charge in [0.25, 0.3) is 0 Å². The van der Waals surface area contributed by atoms with Crippen molar-refractivity contribution in [2.24, 2.45) is 0 Å². The standard InChI is InChI=1S/C24H23NO3/c1-2-27-23-11-7-6-10-20(23)12-17-24(26)25-21-13-15-22(16-14-21)28-18-19-8-4-3-5-9-19/h3-17H,2,18H2,1H3,(H,25,26)/b17-12+. The summed E-state index contributed by atoms with van der Waals surface area (Å²) in [7, 11) is 0. The quantitative estimate of drug-likeness (QED) is 0.544. The number of carbonyl (C=O) groups is 1. The molecule has 0 atom stereocenters. The molecular weight excluding hydrogens is 350 g/mol. The monoisotopic (exact) mass is 373 g/mol. The molecule has 142 valence electrons. The van der Waals surface area contributed by atoms with E-state index in [4.69, 9.17) is 9.47 Å². The molecule has 0 bridgehead atoms. The third-order valence-electron chi connectivity index (χ3n) is 4.00. The zero-order chi connectivity index (χ0) is 19.6. The van der Waals surface area contributed by atoms with E-state index in [-0.39, 0.29) is 5.91 Å². The van der Waals surface area contributed by atoms with Crippen LogP contribution in [0.1, 0.15) is 18.1 Å². The molecule has 0 fully saturated rings. The van der Waals surface area contributed by atoms with Crippen molar-refractivity contribution in [2.45, 2.75) is 13.5 Å². The molecule has 1 N–H and O–H groups in total. The third-order valence-corrected chi connectivity index (χ3v) is 4.00. The molecule has 0 aliphatic heterocycles. The minimum atomic E-state index is -0.204. The molecule has 0 spiro atoms. The molecule has 0 heterocycles. The maximum absolute atomic E-state index is 12.2. The van der Waals surface area contributed by atoms with Gasteiger partial charge in [-0.3, -0.25) is 4.79 Å². The average Bonchev–Trinajstić information content (AvgIpc) is 2.74. The van der Waals surface area contributed by atoms with Crippen molar-refractivity contribution in [2.75, 3.05) is 11.9 Å². The molecule has 0 radical (unpaired) electrons. The van der Waals surface area contributed by atoms with E-state index in [1.54, 1.807) is 6.08 Å². The van der Waals surface area contributed by atoms with Gasteiger partial charge in [-0.1, -0.05) is 48.5 Å². The first-order chi connectivity index (χ1) is 13.7. The van der Waals surface area contributed by atoms with Crippen LogP contribution in [0.2, 0.25) is 0 Å². The topological polar surface area (TPSA) is 47.6 Å². The fourth-order valence-electron chi connectivity index (χ4n) is 2.63. The van der Waals surface area contributed by atoms with E-state index < -0.39 is 0 Å².